The van der Waals surface area contributed by atoms with Gasteiger partial charge in [0.15, 0.2) is 0 Å². The van der Waals surface area contributed by atoms with Crippen LogP contribution in [0.2, 0.25) is 0 Å². The van der Waals surface area contributed by atoms with Crippen LogP contribution in [0.3, 0.4) is 0 Å². The van der Waals surface area contributed by atoms with Crippen LogP contribution in [0.25, 0.3) is 10.9 Å². The molecule has 106 valence electrons. The lowest BCUT2D eigenvalue weighted by atomic mass is 9.96. The molecule has 0 unspecified atom stereocenters. The molecular weight excluding hydrogens is 244 g/mol. The molecule has 1 aliphatic rings. The molecule has 3 rings (SSSR count). The van der Waals surface area contributed by atoms with Gasteiger partial charge in [-0.1, -0.05) is 44.9 Å². The van der Waals surface area contributed by atoms with E-state index in [4.69, 9.17) is 4.98 Å². The van der Waals surface area contributed by atoms with Crippen molar-refractivity contribution in [2.45, 2.75) is 51.4 Å². The SMILES string of the molecule is CNc1cc(C2CCCC2)nc2c(C(C)C)cccc12. The Bertz CT molecular complexity index is 610. The van der Waals surface area contributed by atoms with E-state index in [1.807, 2.05) is 7.05 Å². The fourth-order valence-electron chi connectivity index (χ4n) is 3.39. The summed E-state index contributed by atoms with van der Waals surface area (Å²) in [6.45, 7) is 4.50. The molecule has 1 aromatic heterocycles. The van der Waals surface area contributed by atoms with E-state index in [0.29, 0.717) is 11.8 Å². The predicted octanol–water partition coefficient (Wildman–Crippen LogP) is 5.06. The number of hydrogen-bond donors (Lipinski definition) is 1. The number of benzene rings is 1. The normalized spacial score (nSPS) is 16.2. The number of fused-ring (bicyclic) bond motifs is 1. The van der Waals surface area contributed by atoms with E-state index in [-0.39, 0.29) is 0 Å². The number of pyridine rings is 1. The standard InChI is InChI=1S/C18H24N2/c1-12(2)14-9-6-10-15-17(19-3)11-16(20-18(14)15)13-7-4-5-8-13/h6,9-13H,4-5,7-8H2,1-3H3,(H,19,20). The zero-order valence-corrected chi connectivity index (χ0v) is 12.7. The average Bonchev–Trinajstić information content (AvgIpc) is 2.99. The Labute approximate surface area is 121 Å². The first kappa shape index (κ1) is 13.4. The number of hydrogen-bond acceptors (Lipinski definition) is 2. The molecule has 1 saturated carbocycles. The lowest BCUT2D eigenvalue weighted by molar-refractivity contribution is 0.700. The van der Waals surface area contributed by atoms with E-state index in [1.165, 1.54) is 53.5 Å². The van der Waals surface area contributed by atoms with Crippen molar-refractivity contribution in [3.8, 4) is 0 Å². The highest BCUT2D eigenvalue weighted by molar-refractivity contribution is 5.93. The number of anilines is 1. The van der Waals surface area contributed by atoms with Crippen molar-refractivity contribution in [2.24, 2.45) is 0 Å². The summed E-state index contributed by atoms with van der Waals surface area (Å²) in [6, 6.07) is 8.81. The summed E-state index contributed by atoms with van der Waals surface area (Å²) in [4.78, 5) is 5.05. The van der Waals surface area contributed by atoms with Crippen LogP contribution in [0.1, 0.15) is 62.6 Å². The van der Waals surface area contributed by atoms with Crippen molar-refractivity contribution < 1.29 is 0 Å². The molecule has 2 heteroatoms. The summed E-state index contributed by atoms with van der Waals surface area (Å²) in [5.41, 5.74) is 5.06. The van der Waals surface area contributed by atoms with E-state index in [1.54, 1.807) is 0 Å². The van der Waals surface area contributed by atoms with E-state index in [9.17, 15) is 0 Å². The van der Waals surface area contributed by atoms with Gasteiger partial charge in [0.05, 0.1) is 5.52 Å². The number of nitrogens with zero attached hydrogens (tertiary/aromatic N) is 1. The molecule has 0 bridgehead atoms. The molecule has 1 aromatic carbocycles. The fraction of sp³-hybridized carbons (Fsp3) is 0.500. The Hall–Kier alpha value is -1.57. The van der Waals surface area contributed by atoms with Crippen LogP contribution in [0.4, 0.5) is 5.69 Å². The van der Waals surface area contributed by atoms with Crippen molar-refractivity contribution in [1.82, 2.24) is 4.98 Å². The average molecular weight is 268 g/mol. The Morgan fingerprint density at radius 3 is 2.60 bits per heavy atom. The van der Waals surface area contributed by atoms with Gasteiger partial charge in [0, 0.05) is 29.7 Å². The smallest absolute Gasteiger partial charge is 0.0760 e. The molecule has 0 spiro atoms. The van der Waals surface area contributed by atoms with Gasteiger partial charge in [-0.15, -0.1) is 0 Å². The van der Waals surface area contributed by atoms with Crippen molar-refractivity contribution in [1.29, 1.82) is 0 Å². The minimum Gasteiger partial charge on any atom is -0.388 e. The Balaban J connectivity index is 2.21. The Morgan fingerprint density at radius 2 is 1.95 bits per heavy atom. The maximum atomic E-state index is 5.05. The third-order valence-electron chi connectivity index (χ3n) is 4.56. The minimum absolute atomic E-state index is 0.509. The molecule has 1 heterocycles. The summed E-state index contributed by atoms with van der Waals surface area (Å²) in [5.74, 6) is 1.17. The quantitative estimate of drug-likeness (QED) is 0.841. The van der Waals surface area contributed by atoms with Crippen LogP contribution in [-0.2, 0) is 0 Å². The van der Waals surface area contributed by atoms with Crippen LogP contribution in [0.15, 0.2) is 24.3 Å². The first-order valence-corrected chi connectivity index (χ1v) is 7.82. The van der Waals surface area contributed by atoms with Gasteiger partial charge in [-0.25, -0.2) is 0 Å². The monoisotopic (exact) mass is 268 g/mol. The predicted molar refractivity (Wildman–Crippen MR) is 86.6 cm³/mol. The van der Waals surface area contributed by atoms with Crippen LogP contribution in [-0.4, -0.2) is 12.0 Å². The second kappa shape index (κ2) is 5.43. The molecule has 0 radical (unpaired) electrons. The minimum atomic E-state index is 0.509. The second-order valence-corrected chi connectivity index (χ2v) is 6.22. The number of para-hydroxylation sites is 1. The highest BCUT2D eigenvalue weighted by Crippen LogP contribution is 2.37. The third-order valence-corrected chi connectivity index (χ3v) is 4.56. The van der Waals surface area contributed by atoms with Gasteiger partial charge in [0.25, 0.3) is 0 Å². The van der Waals surface area contributed by atoms with Crippen molar-refractivity contribution in [3.05, 3.63) is 35.5 Å². The molecule has 20 heavy (non-hydrogen) atoms. The Kier molecular flexibility index (Phi) is 3.64. The summed E-state index contributed by atoms with van der Waals surface area (Å²) in [5, 5.41) is 4.61. The third kappa shape index (κ3) is 2.28. The number of aromatic nitrogens is 1. The molecule has 0 aliphatic heterocycles. The lowest BCUT2D eigenvalue weighted by Crippen LogP contribution is -2.02. The molecule has 2 aromatic rings. The van der Waals surface area contributed by atoms with E-state index < -0.39 is 0 Å². The zero-order valence-electron chi connectivity index (χ0n) is 12.7. The molecule has 0 saturated heterocycles. The van der Waals surface area contributed by atoms with E-state index in [2.05, 4.69) is 43.4 Å². The zero-order chi connectivity index (χ0) is 14.1. The van der Waals surface area contributed by atoms with Crippen LogP contribution < -0.4 is 5.32 Å². The van der Waals surface area contributed by atoms with Gasteiger partial charge in [0.1, 0.15) is 0 Å². The number of nitrogens with one attached hydrogen (secondary N) is 1. The fourth-order valence-corrected chi connectivity index (χ4v) is 3.39. The number of rotatable bonds is 3. The molecule has 1 fully saturated rings. The van der Waals surface area contributed by atoms with Crippen molar-refractivity contribution >= 4 is 16.6 Å². The maximum Gasteiger partial charge on any atom is 0.0760 e. The van der Waals surface area contributed by atoms with Gasteiger partial charge < -0.3 is 5.32 Å². The highest BCUT2D eigenvalue weighted by atomic mass is 14.8. The van der Waals surface area contributed by atoms with Gasteiger partial charge >= 0.3 is 0 Å². The largest absolute Gasteiger partial charge is 0.388 e. The summed E-state index contributed by atoms with van der Waals surface area (Å²) >= 11 is 0. The molecular formula is C18H24N2. The lowest BCUT2D eigenvalue weighted by Gasteiger charge is -2.16. The molecule has 0 atom stereocenters. The van der Waals surface area contributed by atoms with Crippen LogP contribution in [0.5, 0.6) is 0 Å². The summed E-state index contributed by atoms with van der Waals surface area (Å²) in [6.07, 6.45) is 5.30. The van der Waals surface area contributed by atoms with E-state index in [0.717, 1.165) is 0 Å². The summed E-state index contributed by atoms with van der Waals surface area (Å²) in [7, 11) is 2.01. The van der Waals surface area contributed by atoms with Crippen molar-refractivity contribution in [3.63, 3.8) is 0 Å². The molecule has 1 aliphatic carbocycles. The highest BCUT2D eigenvalue weighted by Gasteiger charge is 2.20. The van der Waals surface area contributed by atoms with E-state index >= 15 is 0 Å². The van der Waals surface area contributed by atoms with Crippen molar-refractivity contribution in [2.75, 3.05) is 12.4 Å². The molecule has 0 amide bonds. The topological polar surface area (TPSA) is 24.9 Å². The Morgan fingerprint density at radius 1 is 1.20 bits per heavy atom. The van der Waals surface area contributed by atoms with Crippen LogP contribution >= 0.6 is 0 Å². The molecule has 2 nitrogen and oxygen atoms in total. The van der Waals surface area contributed by atoms with Gasteiger partial charge in [-0.3, -0.25) is 4.98 Å². The summed E-state index contributed by atoms with van der Waals surface area (Å²) < 4.78 is 0. The van der Waals surface area contributed by atoms with Gasteiger partial charge in [-0.05, 0) is 30.4 Å². The first-order valence-electron chi connectivity index (χ1n) is 7.82. The second-order valence-electron chi connectivity index (χ2n) is 6.22. The maximum absolute atomic E-state index is 5.05. The van der Waals surface area contributed by atoms with Gasteiger partial charge in [0.2, 0.25) is 0 Å². The first-order chi connectivity index (χ1) is 9.70. The van der Waals surface area contributed by atoms with Gasteiger partial charge in [-0.2, -0.15) is 0 Å². The van der Waals surface area contributed by atoms with Crippen LogP contribution in [0, 0.1) is 0 Å². The molecule has 1 N–H and O–H groups in total.